The molecule has 0 saturated heterocycles. The Morgan fingerprint density at radius 2 is 2.29 bits per heavy atom. The Morgan fingerprint density at radius 3 is 2.82 bits per heavy atom. The fourth-order valence-corrected chi connectivity index (χ4v) is 1.53. The number of aliphatic hydroxyl groups excluding tert-OH is 1. The van der Waals surface area contributed by atoms with E-state index in [0.717, 1.165) is 11.3 Å². The molecule has 0 saturated carbocycles. The number of hydrogen-bond acceptors (Lipinski definition) is 3. The lowest BCUT2D eigenvalue weighted by Gasteiger charge is -2.14. The number of ether oxygens (including phenoxy) is 1. The van der Waals surface area contributed by atoms with Gasteiger partial charge < -0.3 is 15.2 Å². The number of anilines is 1. The first kappa shape index (κ1) is 13.3. The average molecular weight is 235 g/mol. The largest absolute Gasteiger partial charge is 0.510 e. The fourth-order valence-electron chi connectivity index (χ4n) is 1.53. The zero-order chi connectivity index (χ0) is 12.8. The number of methoxy groups -OCH3 is 1. The standard InChI is InChI=1S/C13H17NO3/c1-9(15)13(17-3)8-11-5-4-6-12(7-11)14-10(2)16/h4-7,13,15H,1,8H2,2-3H3,(H,14,16). The van der Waals surface area contributed by atoms with E-state index in [1.165, 1.54) is 14.0 Å². The van der Waals surface area contributed by atoms with Gasteiger partial charge in [0.25, 0.3) is 0 Å². The number of carbonyl (C=O) groups excluding carboxylic acids is 1. The number of amides is 1. The van der Waals surface area contributed by atoms with E-state index in [0.29, 0.717) is 6.42 Å². The molecule has 0 aliphatic carbocycles. The summed E-state index contributed by atoms with van der Waals surface area (Å²) >= 11 is 0. The molecule has 92 valence electrons. The normalized spacial score (nSPS) is 11.9. The fraction of sp³-hybridized carbons (Fsp3) is 0.308. The van der Waals surface area contributed by atoms with Crippen LogP contribution in [0.4, 0.5) is 5.69 Å². The van der Waals surface area contributed by atoms with Crippen LogP contribution in [0.5, 0.6) is 0 Å². The van der Waals surface area contributed by atoms with E-state index in [1.54, 1.807) is 6.07 Å². The molecule has 0 heterocycles. The molecule has 0 aliphatic rings. The summed E-state index contributed by atoms with van der Waals surface area (Å²) in [4.78, 5) is 10.9. The summed E-state index contributed by atoms with van der Waals surface area (Å²) in [7, 11) is 1.52. The maximum atomic E-state index is 10.9. The number of rotatable bonds is 5. The highest BCUT2D eigenvalue weighted by molar-refractivity contribution is 5.88. The van der Waals surface area contributed by atoms with Gasteiger partial charge in [0.05, 0.1) is 0 Å². The number of nitrogens with one attached hydrogen (secondary N) is 1. The highest BCUT2D eigenvalue weighted by Gasteiger charge is 2.11. The first-order chi connectivity index (χ1) is 8.02. The van der Waals surface area contributed by atoms with Crippen LogP contribution in [0.3, 0.4) is 0 Å². The van der Waals surface area contributed by atoms with E-state index in [2.05, 4.69) is 11.9 Å². The molecule has 4 heteroatoms. The molecule has 0 aliphatic heterocycles. The van der Waals surface area contributed by atoms with Gasteiger partial charge in [-0.1, -0.05) is 18.7 Å². The molecule has 1 aromatic rings. The van der Waals surface area contributed by atoms with Crippen LogP contribution in [0.1, 0.15) is 12.5 Å². The van der Waals surface area contributed by atoms with Gasteiger partial charge in [0.1, 0.15) is 11.9 Å². The summed E-state index contributed by atoms with van der Waals surface area (Å²) in [5.41, 5.74) is 1.69. The van der Waals surface area contributed by atoms with E-state index in [4.69, 9.17) is 4.74 Å². The Hall–Kier alpha value is -1.81. The second-order valence-electron chi connectivity index (χ2n) is 3.80. The van der Waals surface area contributed by atoms with Gasteiger partial charge in [-0.15, -0.1) is 0 Å². The van der Waals surface area contributed by atoms with Gasteiger partial charge in [-0.3, -0.25) is 4.79 Å². The zero-order valence-electron chi connectivity index (χ0n) is 10.1. The van der Waals surface area contributed by atoms with E-state index in [-0.39, 0.29) is 11.7 Å². The van der Waals surface area contributed by atoms with Crippen LogP contribution in [0.2, 0.25) is 0 Å². The molecule has 2 N–H and O–H groups in total. The van der Waals surface area contributed by atoms with E-state index in [1.807, 2.05) is 18.2 Å². The summed E-state index contributed by atoms with van der Waals surface area (Å²) in [5.74, 6) is -0.116. The maximum Gasteiger partial charge on any atom is 0.221 e. The number of benzene rings is 1. The number of aliphatic hydroxyl groups is 1. The molecule has 1 atom stereocenters. The van der Waals surface area contributed by atoms with Crippen molar-refractivity contribution >= 4 is 11.6 Å². The SMILES string of the molecule is C=C(O)C(Cc1cccc(NC(C)=O)c1)OC. The van der Waals surface area contributed by atoms with Crippen molar-refractivity contribution in [2.24, 2.45) is 0 Å². The molecule has 0 bridgehead atoms. The Kier molecular flexibility index (Phi) is 4.72. The first-order valence-corrected chi connectivity index (χ1v) is 5.30. The molecule has 1 unspecified atom stereocenters. The van der Waals surface area contributed by atoms with Crippen molar-refractivity contribution in [3.05, 3.63) is 42.2 Å². The monoisotopic (exact) mass is 235 g/mol. The molecule has 0 radical (unpaired) electrons. The molecule has 4 nitrogen and oxygen atoms in total. The molecule has 1 amide bonds. The van der Waals surface area contributed by atoms with Gasteiger partial charge in [-0.2, -0.15) is 0 Å². The summed E-state index contributed by atoms with van der Waals surface area (Å²) in [6, 6.07) is 7.39. The smallest absolute Gasteiger partial charge is 0.221 e. The van der Waals surface area contributed by atoms with Gasteiger partial charge in [0, 0.05) is 26.1 Å². The highest BCUT2D eigenvalue weighted by atomic mass is 16.5. The molecular formula is C13H17NO3. The third-order valence-electron chi connectivity index (χ3n) is 2.32. The van der Waals surface area contributed by atoms with Crippen molar-refractivity contribution in [2.45, 2.75) is 19.4 Å². The minimum absolute atomic E-state index is 0.00238. The van der Waals surface area contributed by atoms with Gasteiger partial charge in [0.2, 0.25) is 5.91 Å². The Morgan fingerprint density at radius 1 is 1.59 bits per heavy atom. The van der Waals surface area contributed by atoms with Crippen LogP contribution < -0.4 is 5.32 Å². The molecule has 0 aromatic heterocycles. The van der Waals surface area contributed by atoms with E-state index < -0.39 is 6.10 Å². The third-order valence-corrected chi connectivity index (χ3v) is 2.32. The van der Waals surface area contributed by atoms with Crippen LogP contribution in [0.15, 0.2) is 36.6 Å². The van der Waals surface area contributed by atoms with Gasteiger partial charge in [0.15, 0.2) is 0 Å². The zero-order valence-corrected chi connectivity index (χ0v) is 10.1. The number of carbonyl (C=O) groups is 1. The second-order valence-corrected chi connectivity index (χ2v) is 3.80. The average Bonchev–Trinajstić information content (AvgIpc) is 2.25. The maximum absolute atomic E-state index is 10.9. The highest BCUT2D eigenvalue weighted by Crippen LogP contribution is 2.15. The molecule has 0 spiro atoms. The van der Waals surface area contributed by atoms with Crippen LogP contribution in [0.25, 0.3) is 0 Å². The van der Waals surface area contributed by atoms with Gasteiger partial charge in [-0.25, -0.2) is 0 Å². The summed E-state index contributed by atoms with van der Waals surface area (Å²) in [6.45, 7) is 4.91. The summed E-state index contributed by atoms with van der Waals surface area (Å²) < 4.78 is 5.10. The van der Waals surface area contributed by atoms with Crippen LogP contribution in [0, 0.1) is 0 Å². The molecule has 1 rings (SSSR count). The quantitative estimate of drug-likeness (QED) is 0.770. The predicted octanol–water partition coefficient (Wildman–Crippen LogP) is 2.27. The summed E-state index contributed by atoms with van der Waals surface area (Å²) in [5, 5.41) is 12.0. The topological polar surface area (TPSA) is 58.6 Å². The minimum atomic E-state index is -0.428. The lowest BCUT2D eigenvalue weighted by atomic mass is 10.1. The first-order valence-electron chi connectivity index (χ1n) is 5.30. The van der Waals surface area contributed by atoms with Crippen molar-refractivity contribution in [1.82, 2.24) is 0 Å². The molecule has 17 heavy (non-hydrogen) atoms. The summed E-state index contributed by atoms with van der Waals surface area (Å²) in [6.07, 6.45) is 0.0850. The van der Waals surface area contributed by atoms with Crippen molar-refractivity contribution in [3.63, 3.8) is 0 Å². The van der Waals surface area contributed by atoms with E-state index >= 15 is 0 Å². The Bertz CT molecular complexity index is 415. The second kappa shape index (κ2) is 6.06. The van der Waals surface area contributed by atoms with Crippen LogP contribution in [-0.4, -0.2) is 24.2 Å². The van der Waals surface area contributed by atoms with Gasteiger partial charge in [-0.05, 0) is 17.7 Å². The molecule has 0 fully saturated rings. The predicted molar refractivity (Wildman–Crippen MR) is 67.0 cm³/mol. The minimum Gasteiger partial charge on any atom is -0.510 e. The molecule has 1 aromatic carbocycles. The van der Waals surface area contributed by atoms with Crippen LogP contribution in [-0.2, 0) is 16.0 Å². The van der Waals surface area contributed by atoms with Crippen molar-refractivity contribution < 1.29 is 14.6 Å². The number of hydrogen-bond donors (Lipinski definition) is 2. The van der Waals surface area contributed by atoms with Gasteiger partial charge >= 0.3 is 0 Å². The van der Waals surface area contributed by atoms with Crippen molar-refractivity contribution in [1.29, 1.82) is 0 Å². The van der Waals surface area contributed by atoms with Crippen LogP contribution >= 0.6 is 0 Å². The third kappa shape index (κ3) is 4.28. The molecular weight excluding hydrogens is 218 g/mol. The van der Waals surface area contributed by atoms with E-state index in [9.17, 15) is 9.90 Å². The van der Waals surface area contributed by atoms with Crippen molar-refractivity contribution in [2.75, 3.05) is 12.4 Å². The Balaban J connectivity index is 2.77. The van der Waals surface area contributed by atoms with Crippen molar-refractivity contribution in [3.8, 4) is 0 Å². The lowest BCUT2D eigenvalue weighted by molar-refractivity contribution is -0.114. The lowest BCUT2D eigenvalue weighted by Crippen LogP contribution is -2.16. The Labute approximate surface area is 101 Å².